The minimum Gasteiger partial charge on any atom is -0.502 e. The number of phenolic OH excluding ortho intramolecular Hbond substituents is 1. The minimum atomic E-state index is -0.712. The van der Waals surface area contributed by atoms with Crippen LogP contribution in [0.1, 0.15) is 24.2 Å². The summed E-state index contributed by atoms with van der Waals surface area (Å²) in [5.74, 6) is -1.01. The van der Waals surface area contributed by atoms with E-state index in [0.717, 1.165) is 6.07 Å². The number of nitrogens with zero attached hydrogens (tertiary/aromatic N) is 2. The molecule has 0 aromatic heterocycles. The monoisotopic (exact) mass is 280 g/mol. The van der Waals surface area contributed by atoms with E-state index in [0.29, 0.717) is 13.1 Å². The second-order valence-corrected chi connectivity index (χ2v) is 4.90. The molecule has 0 saturated carbocycles. The van der Waals surface area contributed by atoms with E-state index in [-0.39, 0.29) is 17.8 Å². The third-order valence-corrected chi connectivity index (χ3v) is 3.15. The molecular weight excluding hydrogens is 264 g/mol. The zero-order chi connectivity index (χ0) is 14.9. The highest BCUT2D eigenvalue weighted by Crippen LogP contribution is 2.30. The Labute approximate surface area is 115 Å². The summed E-state index contributed by atoms with van der Waals surface area (Å²) in [6, 6.07) is 3.94. The smallest absolute Gasteiger partial charge is 0.311 e. The van der Waals surface area contributed by atoms with Gasteiger partial charge in [0.2, 0.25) is 5.75 Å². The normalized spacial score (nSPS) is 22.6. The molecule has 0 radical (unpaired) electrons. The minimum absolute atomic E-state index is 0.0551. The van der Waals surface area contributed by atoms with Crippen molar-refractivity contribution in [3.8, 4) is 5.75 Å². The Morgan fingerprint density at radius 1 is 1.40 bits per heavy atom. The molecule has 108 valence electrons. The number of carbonyl (C=O) groups excluding carboxylic acids is 1. The van der Waals surface area contributed by atoms with Crippen LogP contribution in [-0.2, 0) is 4.74 Å². The Morgan fingerprint density at radius 2 is 2.00 bits per heavy atom. The molecule has 1 aromatic rings. The number of amides is 1. The molecule has 7 heteroatoms. The molecule has 7 nitrogen and oxygen atoms in total. The van der Waals surface area contributed by atoms with Crippen LogP contribution in [-0.4, -0.2) is 46.1 Å². The number of para-hydroxylation sites is 1. The lowest BCUT2D eigenvalue weighted by molar-refractivity contribution is -0.385. The van der Waals surface area contributed by atoms with Gasteiger partial charge in [-0.05, 0) is 19.9 Å². The SMILES string of the molecule is C[C@@H]1CN(C(=O)c2cccc([N+](=O)[O-])c2O)C[C@H](C)O1. The topological polar surface area (TPSA) is 92.9 Å². The number of hydrogen-bond donors (Lipinski definition) is 1. The summed E-state index contributed by atoms with van der Waals surface area (Å²) in [5.41, 5.74) is -0.522. The van der Waals surface area contributed by atoms with Gasteiger partial charge in [-0.1, -0.05) is 6.07 Å². The van der Waals surface area contributed by atoms with Gasteiger partial charge in [0.1, 0.15) is 0 Å². The van der Waals surface area contributed by atoms with E-state index in [4.69, 9.17) is 4.74 Å². The lowest BCUT2D eigenvalue weighted by Gasteiger charge is -2.35. The first-order valence-corrected chi connectivity index (χ1v) is 6.31. The van der Waals surface area contributed by atoms with Crippen molar-refractivity contribution in [2.75, 3.05) is 13.1 Å². The fraction of sp³-hybridized carbons (Fsp3) is 0.462. The Bertz CT molecular complexity index is 536. The molecule has 0 unspecified atom stereocenters. The number of aromatic hydroxyl groups is 1. The third-order valence-electron chi connectivity index (χ3n) is 3.15. The summed E-state index contributed by atoms with van der Waals surface area (Å²) >= 11 is 0. The van der Waals surface area contributed by atoms with Gasteiger partial charge in [0, 0.05) is 19.2 Å². The van der Waals surface area contributed by atoms with Crippen molar-refractivity contribution >= 4 is 11.6 Å². The van der Waals surface area contributed by atoms with Gasteiger partial charge >= 0.3 is 5.69 Å². The summed E-state index contributed by atoms with van der Waals surface area (Å²) in [5, 5.41) is 20.6. The number of benzene rings is 1. The van der Waals surface area contributed by atoms with Gasteiger partial charge in [0.15, 0.2) is 0 Å². The van der Waals surface area contributed by atoms with Crippen molar-refractivity contribution in [1.29, 1.82) is 0 Å². The molecule has 0 spiro atoms. The van der Waals surface area contributed by atoms with E-state index >= 15 is 0 Å². The van der Waals surface area contributed by atoms with Crippen LogP contribution in [0.15, 0.2) is 18.2 Å². The molecule has 0 bridgehead atoms. The maximum Gasteiger partial charge on any atom is 0.311 e. The summed E-state index contributed by atoms with van der Waals surface area (Å²) in [7, 11) is 0. The molecule has 1 aliphatic rings. The summed E-state index contributed by atoms with van der Waals surface area (Å²) in [6.07, 6.45) is -0.216. The van der Waals surface area contributed by atoms with Crippen LogP contribution in [0.25, 0.3) is 0 Å². The van der Waals surface area contributed by atoms with E-state index in [1.54, 1.807) is 0 Å². The molecule has 2 atom stereocenters. The number of carbonyl (C=O) groups is 1. The summed E-state index contributed by atoms with van der Waals surface area (Å²) in [6.45, 7) is 4.49. The Kier molecular flexibility index (Phi) is 3.89. The number of morpholine rings is 1. The first-order valence-electron chi connectivity index (χ1n) is 6.31. The van der Waals surface area contributed by atoms with Crippen LogP contribution in [0, 0.1) is 10.1 Å². The first kappa shape index (κ1) is 14.3. The number of nitro benzene ring substituents is 1. The van der Waals surface area contributed by atoms with Crippen LogP contribution >= 0.6 is 0 Å². The first-order chi connectivity index (χ1) is 9.40. The molecule has 1 heterocycles. The molecule has 20 heavy (non-hydrogen) atoms. The van der Waals surface area contributed by atoms with Gasteiger partial charge in [0.05, 0.1) is 22.7 Å². The van der Waals surface area contributed by atoms with Gasteiger partial charge in [0.25, 0.3) is 5.91 Å². The van der Waals surface area contributed by atoms with Crippen LogP contribution in [0.2, 0.25) is 0 Å². The van der Waals surface area contributed by atoms with Gasteiger partial charge in [-0.25, -0.2) is 0 Å². The van der Waals surface area contributed by atoms with Crippen molar-refractivity contribution in [1.82, 2.24) is 4.90 Å². The van der Waals surface area contributed by atoms with E-state index in [1.165, 1.54) is 17.0 Å². The molecule has 1 saturated heterocycles. The molecule has 1 aromatic carbocycles. The number of ether oxygens (including phenoxy) is 1. The fourth-order valence-electron chi connectivity index (χ4n) is 2.37. The van der Waals surface area contributed by atoms with E-state index in [1.807, 2.05) is 13.8 Å². The average Bonchev–Trinajstić information content (AvgIpc) is 2.36. The lowest BCUT2D eigenvalue weighted by Crippen LogP contribution is -2.48. The maximum atomic E-state index is 12.4. The number of nitro groups is 1. The Morgan fingerprint density at radius 3 is 2.55 bits per heavy atom. The summed E-state index contributed by atoms with van der Waals surface area (Å²) in [4.78, 5) is 24.0. The number of phenols is 1. The third kappa shape index (κ3) is 2.72. The van der Waals surface area contributed by atoms with Gasteiger partial charge in [-0.15, -0.1) is 0 Å². The van der Waals surface area contributed by atoms with Crippen LogP contribution in [0.3, 0.4) is 0 Å². The van der Waals surface area contributed by atoms with Gasteiger partial charge < -0.3 is 14.7 Å². The lowest BCUT2D eigenvalue weighted by atomic mass is 10.1. The zero-order valence-electron chi connectivity index (χ0n) is 11.3. The van der Waals surface area contributed by atoms with Crippen molar-refractivity contribution in [3.63, 3.8) is 0 Å². The standard InChI is InChI=1S/C13H16N2O5/c1-8-6-14(7-9(2)20-8)13(17)10-4-3-5-11(12(10)16)15(18)19/h3-5,8-9,16H,6-7H2,1-2H3/t8-,9+. The largest absolute Gasteiger partial charge is 0.502 e. The Hall–Kier alpha value is -2.15. The predicted octanol–water partition coefficient (Wildman–Crippen LogP) is 1.55. The van der Waals surface area contributed by atoms with E-state index in [9.17, 15) is 20.0 Å². The highest BCUT2D eigenvalue weighted by atomic mass is 16.6. The van der Waals surface area contributed by atoms with E-state index < -0.39 is 22.3 Å². The maximum absolute atomic E-state index is 12.4. The highest BCUT2D eigenvalue weighted by Gasteiger charge is 2.29. The molecular formula is C13H16N2O5. The van der Waals surface area contributed by atoms with Crippen LogP contribution < -0.4 is 0 Å². The van der Waals surface area contributed by atoms with Crippen molar-refractivity contribution in [3.05, 3.63) is 33.9 Å². The molecule has 2 rings (SSSR count). The highest BCUT2D eigenvalue weighted by molar-refractivity contribution is 5.98. The van der Waals surface area contributed by atoms with Gasteiger partial charge in [-0.2, -0.15) is 0 Å². The number of rotatable bonds is 2. The molecule has 1 aliphatic heterocycles. The molecule has 1 N–H and O–H groups in total. The fourth-order valence-corrected chi connectivity index (χ4v) is 2.37. The molecule has 1 amide bonds. The molecule has 0 aliphatic carbocycles. The second kappa shape index (κ2) is 5.46. The van der Waals surface area contributed by atoms with Crippen molar-refractivity contribution in [2.45, 2.75) is 26.1 Å². The van der Waals surface area contributed by atoms with E-state index in [2.05, 4.69) is 0 Å². The zero-order valence-corrected chi connectivity index (χ0v) is 11.3. The van der Waals surface area contributed by atoms with Crippen LogP contribution in [0.4, 0.5) is 5.69 Å². The van der Waals surface area contributed by atoms with Crippen LogP contribution in [0.5, 0.6) is 5.75 Å². The van der Waals surface area contributed by atoms with Gasteiger partial charge in [-0.3, -0.25) is 14.9 Å². The quantitative estimate of drug-likeness (QED) is 0.655. The van der Waals surface area contributed by atoms with Crippen molar-refractivity contribution < 1.29 is 19.6 Å². The Balaban J connectivity index is 2.29. The predicted molar refractivity (Wildman–Crippen MR) is 70.7 cm³/mol. The average molecular weight is 280 g/mol. The number of hydrogen-bond acceptors (Lipinski definition) is 5. The molecule has 1 fully saturated rings. The second-order valence-electron chi connectivity index (χ2n) is 4.90. The van der Waals surface area contributed by atoms with Crippen molar-refractivity contribution in [2.24, 2.45) is 0 Å². The summed E-state index contributed by atoms with van der Waals surface area (Å²) < 4.78 is 5.53.